The molecule has 5 nitrogen and oxygen atoms in total. The van der Waals surface area contributed by atoms with Gasteiger partial charge in [0, 0.05) is 31.6 Å². The standard InChI is InChI=1S/C20H29N3O2.ClH/c1-15(17-4-2-10-21-14-17)12-19(24)22-13-16-6-8-18(9-7-16)23-11-3-5-20(23)25;/h6-9,15,17,21H,2-5,10-14H2,1H3,(H,22,24);1H. The van der Waals surface area contributed by atoms with Crippen molar-refractivity contribution in [1.29, 1.82) is 0 Å². The minimum atomic E-state index is 0. The number of anilines is 1. The van der Waals surface area contributed by atoms with Crippen LogP contribution in [0.25, 0.3) is 0 Å². The van der Waals surface area contributed by atoms with Gasteiger partial charge in [-0.05, 0) is 61.9 Å². The molecule has 0 aliphatic carbocycles. The zero-order valence-electron chi connectivity index (χ0n) is 15.5. The number of hydrogen-bond donors (Lipinski definition) is 2. The van der Waals surface area contributed by atoms with Gasteiger partial charge in [0.2, 0.25) is 11.8 Å². The summed E-state index contributed by atoms with van der Waals surface area (Å²) in [7, 11) is 0. The molecule has 2 atom stereocenters. The first-order chi connectivity index (χ1) is 12.1. The van der Waals surface area contributed by atoms with Crippen molar-refractivity contribution in [2.24, 2.45) is 11.8 Å². The van der Waals surface area contributed by atoms with E-state index in [0.29, 0.717) is 31.2 Å². The molecule has 2 aliphatic rings. The van der Waals surface area contributed by atoms with Crippen molar-refractivity contribution in [3.63, 3.8) is 0 Å². The number of nitrogens with one attached hydrogen (secondary N) is 2. The van der Waals surface area contributed by atoms with E-state index in [0.717, 1.165) is 37.3 Å². The lowest BCUT2D eigenvalue weighted by Gasteiger charge is -2.28. The van der Waals surface area contributed by atoms with Crippen LogP contribution in [0, 0.1) is 11.8 Å². The average molecular weight is 380 g/mol. The molecule has 2 heterocycles. The van der Waals surface area contributed by atoms with Crippen molar-refractivity contribution in [3.8, 4) is 0 Å². The Morgan fingerprint density at radius 1 is 1.31 bits per heavy atom. The van der Waals surface area contributed by atoms with Gasteiger partial charge in [-0.25, -0.2) is 0 Å². The predicted octanol–water partition coefficient (Wildman–Crippen LogP) is 2.88. The Morgan fingerprint density at radius 3 is 2.69 bits per heavy atom. The predicted molar refractivity (Wildman–Crippen MR) is 106 cm³/mol. The molecule has 2 amide bonds. The van der Waals surface area contributed by atoms with Crippen LogP contribution >= 0.6 is 12.4 Å². The highest BCUT2D eigenvalue weighted by molar-refractivity contribution is 5.95. The monoisotopic (exact) mass is 379 g/mol. The van der Waals surface area contributed by atoms with Crippen molar-refractivity contribution in [3.05, 3.63) is 29.8 Å². The lowest BCUT2D eigenvalue weighted by atomic mass is 9.85. The first kappa shape index (κ1) is 20.7. The number of rotatable bonds is 6. The van der Waals surface area contributed by atoms with Gasteiger partial charge < -0.3 is 15.5 Å². The summed E-state index contributed by atoms with van der Waals surface area (Å²) in [5, 5.41) is 6.45. The normalized spacial score (nSPS) is 21.2. The molecule has 26 heavy (non-hydrogen) atoms. The Balaban J connectivity index is 0.00000243. The van der Waals surface area contributed by atoms with E-state index < -0.39 is 0 Å². The molecule has 6 heteroatoms. The van der Waals surface area contributed by atoms with Gasteiger partial charge in [0.25, 0.3) is 0 Å². The number of carbonyl (C=O) groups is 2. The summed E-state index contributed by atoms with van der Waals surface area (Å²) in [6.07, 6.45) is 4.60. The summed E-state index contributed by atoms with van der Waals surface area (Å²) >= 11 is 0. The fourth-order valence-electron chi connectivity index (χ4n) is 3.81. The third kappa shape index (κ3) is 5.45. The van der Waals surface area contributed by atoms with E-state index in [1.807, 2.05) is 29.2 Å². The number of carbonyl (C=O) groups excluding carboxylic acids is 2. The smallest absolute Gasteiger partial charge is 0.227 e. The van der Waals surface area contributed by atoms with Crippen LogP contribution in [-0.4, -0.2) is 31.4 Å². The van der Waals surface area contributed by atoms with Crippen LogP contribution in [0.15, 0.2) is 24.3 Å². The molecule has 3 rings (SSSR count). The SMILES string of the molecule is CC(CC(=O)NCc1ccc(N2CCCC2=O)cc1)C1CCCNC1.Cl. The van der Waals surface area contributed by atoms with Crippen molar-refractivity contribution in [2.75, 3.05) is 24.5 Å². The van der Waals surface area contributed by atoms with E-state index in [9.17, 15) is 9.59 Å². The summed E-state index contributed by atoms with van der Waals surface area (Å²) in [5.74, 6) is 1.34. The fourth-order valence-corrected chi connectivity index (χ4v) is 3.81. The molecule has 1 aromatic carbocycles. The number of halogens is 1. The summed E-state index contributed by atoms with van der Waals surface area (Å²) in [4.78, 5) is 25.8. The topological polar surface area (TPSA) is 61.4 Å². The van der Waals surface area contributed by atoms with Crippen LogP contribution in [-0.2, 0) is 16.1 Å². The second-order valence-corrected chi connectivity index (χ2v) is 7.38. The van der Waals surface area contributed by atoms with Crippen molar-refractivity contribution in [2.45, 2.75) is 45.6 Å². The van der Waals surface area contributed by atoms with Gasteiger partial charge in [0.1, 0.15) is 0 Å². The zero-order chi connectivity index (χ0) is 17.6. The second-order valence-electron chi connectivity index (χ2n) is 7.38. The minimum absolute atomic E-state index is 0. The Hall–Kier alpha value is -1.59. The molecule has 2 unspecified atom stereocenters. The lowest BCUT2D eigenvalue weighted by molar-refractivity contribution is -0.122. The van der Waals surface area contributed by atoms with Gasteiger partial charge in [0.15, 0.2) is 0 Å². The summed E-state index contributed by atoms with van der Waals surface area (Å²) in [5.41, 5.74) is 2.02. The van der Waals surface area contributed by atoms with Crippen LogP contribution < -0.4 is 15.5 Å². The van der Waals surface area contributed by atoms with Crippen molar-refractivity contribution < 1.29 is 9.59 Å². The molecule has 2 fully saturated rings. The fraction of sp³-hybridized carbons (Fsp3) is 0.600. The molecular formula is C20H30ClN3O2. The Kier molecular flexibility index (Phi) is 7.91. The molecule has 0 saturated carbocycles. The van der Waals surface area contributed by atoms with Gasteiger partial charge in [-0.1, -0.05) is 19.1 Å². The van der Waals surface area contributed by atoms with Crippen LogP contribution in [0.2, 0.25) is 0 Å². The maximum Gasteiger partial charge on any atom is 0.227 e. The van der Waals surface area contributed by atoms with E-state index in [1.54, 1.807) is 0 Å². The molecule has 2 saturated heterocycles. The number of piperidine rings is 1. The van der Waals surface area contributed by atoms with Gasteiger partial charge in [0.05, 0.1) is 0 Å². The zero-order valence-corrected chi connectivity index (χ0v) is 16.3. The van der Waals surface area contributed by atoms with E-state index in [-0.39, 0.29) is 24.2 Å². The lowest BCUT2D eigenvalue weighted by Crippen LogP contribution is -2.35. The van der Waals surface area contributed by atoms with Crippen LogP contribution in [0.5, 0.6) is 0 Å². The number of benzene rings is 1. The minimum Gasteiger partial charge on any atom is -0.352 e. The molecule has 2 aliphatic heterocycles. The molecule has 144 valence electrons. The summed E-state index contributed by atoms with van der Waals surface area (Å²) in [6.45, 7) is 5.67. The maximum absolute atomic E-state index is 12.2. The maximum atomic E-state index is 12.2. The Bertz CT molecular complexity index is 600. The van der Waals surface area contributed by atoms with Gasteiger partial charge >= 0.3 is 0 Å². The summed E-state index contributed by atoms with van der Waals surface area (Å²) < 4.78 is 0. The molecular weight excluding hydrogens is 350 g/mol. The first-order valence-corrected chi connectivity index (χ1v) is 9.50. The van der Waals surface area contributed by atoms with E-state index in [1.165, 1.54) is 12.8 Å². The van der Waals surface area contributed by atoms with E-state index in [2.05, 4.69) is 17.6 Å². The highest BCUT2D eigenvalue weighted by Crippen LogP contribution is 2.23. The second kappa shape index (κ2) is 9.93. The van der Waals surface area contributed by atoms with E-state index in [4.69, 9.17) is 0 Å². The third-order valence-electron chi connectivity index (χ3n) is 5.46. The average Bonchev–Trinajstić information content (AvgIpc) is 3.07. The first-order valence-electron chi connectivity index (χ1n) is 9.50. The molecule has 0 bridgehead atoms. The Labute approximate surface area is 162 Å². The highest BCUT2D eigenvalue weighted by Gasteiger charge is 2.22. The molecule has 0 spiro atoms. The molecule has 1 aromatic rings. The summed E-state index contributed by atoms with van der Waals surface area (Å²) in [6, 6.07) is 7.94. The highest BCUT2D eigenvalue weighted by atomic mass is 35.5. The van der Waals surface area contributed by atoms with Crippen LogP contribution in [0.4, 0.5) is 5.69 Å². The Morgan fingerprint density at radius 2 is 2.08 bits per heavy atom. The molecule has 0 radical (unpaired) electrons. The third-order valence-corrected chi connectivity index (χ3v) is 5.46. The quantitative estimate of drug-likeness (QED) is 0.798. The number of hydrogen-bond acceptors (Lipinski definition) is 3. The van der Waals surface area contributed by atoms with Crippen LogP contribution in [0.3, 0.4) is 0 Å². The largest absolute Gasteiger partial charge is 0.352 e. The van der Waals surface area contributed by atoms with Crippen molar-refractivity contribution >= 4 is 29.9 Å². The van der Waals surface area contributed by atoms with Gasteiger partial charge in [-0.2, -0.15) is 0 Å². The van der Waals surface area contributed by atoms with Gasteiger partial charge in [-0.15, -0.1) is 12.4 Å². The van der Waals surface area contributed by atoms with Gasteiger partial charge in [-0.3, -0.25) is 9.59 Å². The molecule has 0 aromatic heterocycles. The molecule has 2 N–H and O–H groups in total. The number of nitrogens with zero attached hydrogens (tertiary/aromatic N) is 1. The number of amides is 2. The van der Waals surface area contributed by atoms with Crippen LogP contribution in [0.1, 0.15) is 44.6 Å². The van der Waals surface area contributed by atoms with Crippen molar-refractivity contribution in [1.82, 2.24) is 10.6 Å². The van der Waals surface area contributed by atoms with E-state index >= 15 is 0 Å².